The summed E-state index contributed by atoms with van der Waals surface area (Å²) in [5, 5.41) is 0. The zero-order chi connectivity index (χ0) is 18.3. The zero-order valence-electron chi connectivity index (χ0n) is 12.2. The number of alkyl halides is 6. The third-order valence-electron chi connectivity index (χ3n) is 3.54. The molecule has 0 saturated carbocycles. The van der Waals surface area contributed by atoms with E-state index in [1.165, 1.54) is 0 Å². The van der Waals surface area contributed by atoms with Crippen LogP contribution in [0.4, 0.5) is 32.0 Å². The Labute approximate surface area is 132 Å². The van der Waals surface area contributed by atoms with Crippen molar-refractivity contribution in [2.24, 2.45) is 5.92 Å². The number of carbonyl (C=O) groups excluding carboxylic acids is 2. The van der Waals surface area contributed by atoms with E-state index in [2.05, 4.69) is 4.74 Å². The molecular weight excluding hydrogens is 344 g/mol. The summed E-state index contributed by atoms with van der Waals surface area (Å²) >= 11 is 0. The predicted molar refractivity (Wildman–Crippen MR) is 68.9 cm³/mol. The van der Waals surface area contributed by atoms with Gasteiger partial charge in [-0.05, 0) is 18.2 Å². The maximum absolute atomic E-state index is 12.8. The van der Waals surface area contributed by atoms with Crippen LogP contribution in [0.1, 0.15) is 17.5 Å². The summed E-state index contributed by atoms with van der Waals surface area (Å²) in [6.07, 6.45) is -10.4. The van der Waals surface area contributed by atoms with Gasteiger partial charge in [0, 0.05) is 18.7 Å². The highest BCUT2D eigenvalue weighted by Gasteiger charge is 2.40. The molecule has 0 aromatic heterocycles. The maximum atomic E-state index is 12.8. The molecule has 0 unspecified atom stereocenters. The zero-order valence-corrected chi connectivity index (χ0v) is 12.2. The van der Waals surface area contributed by atoms with Crippen LogP contribution < -0.4 is 4.90 Å². The van der Waals surface area contributed by atoms with Crippen LogP contribution in [0.15, 0.2) is 18.2 Å². The fourth-order valence-electron chi connectivity index (χ4n) is 2.38. The van der Waals surface area contributed by atoms with E-state index in [-0.39, 0.29) is 19.0 Å². The minimum atomic E-state index is -5.01. The van der Waals surface area contributed by atoms with E-state index >= 15 is 0 Å². The minimum absolute atomic E-state index is 0.0260. The summed E-state index contributed by atoms with van der Waals surface area (Å²) in [5.74, 6) is -2.45. The lowest BCUT2D eigenvalue weighted by atomic mass is 10.1. The van der Waals surface area contributed by atoms with Crippen molar-refractivity contribution in [1.82, 2.24) is 0 Å². The number of amides is 1. The lowest BCUT2D eigenvalue weighted by Crippen LogP contribution is -2.27. The van der Waals surface area contributed by atoms with Gasteiger partial charge in [-0.2, -0.15) is 26.3 Å². The molecule has 1 aliphatic heterocycles. The Hall–Kier alpha value is -2.26. The Bertz CT molecular complexity index is 635. The molecule has 1 aliphatic rings. The van der Waals surface area contributed by atoms with Gasteiger partial charge in [-0.1, -0.05) is 0 Å². The van der Waals surface area contributed by atoms with Gasteiger partial charge in [0.2, 0.25) is 5.91 Å². The van der Waals surface area contributed by atoms with Crippen molar-refractivity contribution in [1.29, 1.82) is 0 Å². The van der Waals surface area contributed by atoms with Gasteiger partial charge in [-0.15, -0.1) is 0 Å². The highest BCUT2D eigenvalue weighted by Crippen LogP contribution is 2.39. The van der Waals surface area contributed by atoms with Crippen LogP contribution in [0.2, 0.25) is 0 Å². The third kappa shape index (κ3) is 3.62. The van der Waals surface area contributed by atoms with Gasteiger partial charge in [0.25, 0.3) is 0 Å². The molecule has 132 valence electrons. The topological polar surface area (TPSA) is 46.6 Å². The van der Waals surface area contributed by atoms with E-state index in [0.717, 1.165) is 12.0 Å². The van der Waals surface area contributed by atoms with Crippen molar-refractivity contribution in [2.75, 3.05) is 18.6 Å². The first-order valence-corrected chi connectivity index (χ1v) is 6.61. The fourth-order valence-corrected chi connectivity index (χ4v) is 2.38. The second-order valence-corrected chi connectivity index (χ2v) is 5.19. The van der Waals surface area contributed by atoms with Crippen molar-refractivity contribution in [3.8, 4) is 0 Å². The van der Waals surface area contributed by atoms with E-state index in [4.69, 9.17) is 0 Å². The van der Waals surface area contributed by atoms with Crippen LogP contribution >= 0.6 is 0 Å². The number of nitrogens with zero attached hydrogens (tertiary/aromatic N) is 1. The summed E-state index contributed by atoms with van der Waals surface area (Å²) in [6, 6.07) is 0.876. The lowest BCUT2D eigenvalue weighted by molar-refractivity contribution is -0.145. The largest absolute Gasteiger partial charge is 0.469 e. The second-order valence-electron chi connectivity index (χ2n) is 5.19. The number of esters is 1. The first-order valence-electron chi connectivity index (χ1n) is 6.61. The van der Waals surface area contributed by atoms with Crippen LogP contribution in [0.25, 0.3) is 0 Å². The number of anilines is 1. The van der Waals surface area contributed by atoms with Gasteiger partial charge in [-0.3, -0.25) is 9.59 Å². The number of halogens is 6. The van der Waals surface area contributed by atoms with Crippen LogP contribution in [0.3, 0.4) is 0 Å². The number of rotatable bonds is 2. The van der Waals surface area contributed by atoms with Crippen molar-refractivity contribution in [2.45, 2.75) is 18.8 Å². The number of hydrogen-bond acceptors (Lipinski definition) is 3. The molecular formula is C14H11F6NO3. The molecule has 0 radical (unpaired) electrons. The van der Waals surface area contributed by atoms with Gasteiger partial charge in [0.15, 0.2) is 0 Å². The summed E-state index contributed by atoms with van der Waals surface area (Å²) in [7, 11) is 1.07. The summed E-state index contributed by atoms with van der Waals surface area (Å²) < 4.78 is 81.5. The average molecular weight is 355 g/mol. The molecule has 1 saturated heterocycles. The molecule has 1 aromatic carbocycles. The Morgan fingerprint density at radius 2 is 1.58 bits per heavy atom. The van der Waals surface area contributed by atoms with Crippen molar-refractivity contribution < 1.29 is 40.7 Å². The molecule has 0 N–H and O–H groups in total. The van der Waals surface area contributed by atoms with Crippen LogP contribution in [-0.4, -0.2) is 25.5 Å². The first-order chi connectivity index (χ1) is 10.9. The van der Waals surface area contributed by atoms with Crippen LogP contribution in [-0.2, 0) is 26.7 Å². The molecule has 4 nitrogen and oxygen atoms in total. The number of methoxy groups -OCH3 is 1. The van der Waals surface area contributed by atoms with Gasteiger partial charge < -0.3 is 9.64 Å². The van der Waals surface area contributed by atoms with Gasteiger partial charge in [-0.25, -0.2) is 0 Å². The van der Waals surface area contributed by atoms with Gasteiger partial charge >= 0.3 is 18.3 Å². The first kappa shape index (κ1) is 18.1. The smallest absolute Gasteiger partial charge is 0.416 e. The minimum Gasteiger partial charge on any atom is -0.469 e. The predicted octanol–water partition coefficient (Wildman–Crippen LogP) is 3.25. The number of benzene rings is 1. The summed E-state index contributed by atoms with van der Waals surface area (Å²) in [6.45, 7) is -0.343. The maximum Gasteiger partial charge on any atom is 0.416 e. The molecule has 1 amide bonds. The van der Waals surface area contributed by atoms with Gasteiger partial charge in [0.05, 0.1) is 24.2 Å². The molecule has 0 bridgehead atoms. The van der Waals surface area contributed by atoms with Crippen molar-refractivity contribution in [3.63, 3.8) is 0 Å². The molecule has 10 heteroatoms. The van der Waals surface area contributed by atoms with E-state index in [9.17, 15) is 35.9 Å². The average Bonchev–Trinajstić information content (AvgIpc) is 2.86. The Morgan fingerprint density at radius 1 is 1.08 bits per heavy atom. The number of ether oxygens (including phenoxy) is 1. The molecule has 1 aromatic rings. The number of hydrogen-bond donors (Lipinski definition) is 0. The van der Waals surface area contributed by atoms with E-state index < -0.39 is 47.0 Å². The third-order valence-corrected chi connectivity index (χ3v) is 3.54. The summed E-state index contributed by atoms with van der Waals surface area (Å²) in [5.41, 5.74) is -3.61. The van der Waals surface area contributed by atoms with Gasteiger partial charge in [0.1, 0.15) is 0 Å². The molecule has 1 fully saturated rings. The Balaban J connectivity index is 2.46. The molecule has 24 heavy (non-hydrogen) atoms. The quantitative estimate of drug-likeness (QED) is 0.604. The van der Waals surface area contributed by atoms with Crippen LogP contribution in [0.5, 0.6) is 0 Å². The number of carbonyl (C=O) groups is 2. The molecule has 1 heterocycles. The van der Waals surface area contributed by atoms with E-state index in [1.807, 2.05) is 0 Å². The standard InChI is InChI=1S/C14H11F6NO3/c1-24-12(23)7-2-11(22)21(6-7)10-4-8(13(15,16)17)3-9(5-10)14(18,19)20/h3-5,7H,2,6H2,1H3/t7-/m0/s1. The highest BCUT2D eigenvalue weighted by atomic mass is 19.4. The van der Waals surface area contributed by atoms with Crippen molar-refractivity contribution in [3.05, 3.63) is 29.3 Å². The molecule has 1 atom stereocenters. The normalized spacial score (nSPS) is 18.9. The SMILES string of the molecule is COC(=O)[C@H]1CC(=O)N(c2cc(C(F)(F)F)cc(C(F)(F)F)c2)C1. The molecule has 2 rings (SSSR count). The van der Waals surface area contributed by atoms with Crippen LogP contribution in [0, 0.1) is 5.92 Å². The second kappa shape index (κ2) is 5.99. The summed E-state index contributed by atoms with van der Waals surface area (Å²) in [4.78, 5) is 24.0. The van der Waals surface area contributed by atoms with E-state index in [1.54, 1.807) is 0 Å². The monoisotopic (exact) mass is 355 g/mol. The highest BCUT2D eigenvalue weighted by molar-refractivity contribution is 5.99. The van der Waals surface area contributed by atoms with Crippen molar-refractivity contribution >= 4 is 17.6 Å². The fraction of sp³-hybridized carbons (Fsp3) is 0.429. The molecule has 0 spiro atoms. The Kier molecular flexibility index (Phi) is 4.51. The van der Waals surface area contributed by atoms with E-state index in [0.29, 0.717) is 12.1 Å². The molecule has 0 aliphatic carbocycles. The Morgan fingerprint density at radius 3 is 2.00 bits per heavy atom. The lowest BCUT2D eigenvalue weighted by Gasteiger charge is -2.20.